The summed E-state index contributed by atoms with van der Waals surface area (Å²) in [4.78, 5) is 11.6. The summed E-state index contributed by atoms with van der Waals surface area (Å²) < 4.78 is 0. The standard InChI is InChI=1S/C11H18O/c12-11-8-9-4-1-2-6-10(11)7-3-5-9/h9-10H,1-8H2. The second kappa shape index (κ2) is 3.59. The molecule has 2 saturated carbocycles. The lowest BCUT2D eigenvalue weighted by Gasteiger charge is -2.18. The summed E-state index contributed by atoms with van der Waals surface area (Å²) in [5, 5.41) is 0. The van der Waals surface area contributed by atoms with E-state index < -0.39 is 0 Å². The van der Waals surface area contributed by atoms with Crippen molar-refractivity contribution in [3.63, 3.8) is 0 Å². The van der Waals surface area contributed by atoms with Gasteiger partial charge in [-0.05, 0) is 18.8 Å². The monoisotopic (exact) mass is 166 g/mol. The summed E-state index contributed by atoms with van der Waals surface area (Å²) in [5.74, 6) is 1.79. The topological polar surface area (TPSA) is 17.1 Å². The summed E-state index contributed by atoms with van der Waals surface area (Å²) in [6.07, 6.45) is 9.90. The fourth-order valence-corrected chi connectivity index (χ4v) is 2.74. The summed E-state index contributed by atoms with van der Waals surface area (Å²) in [6.45, 7) is 0. The number of ketones is 1. The third-order valence-corrected chi connectivity index (χ3v) is 3.53. The molecule has 2 aliphatic rings. The Hall–Kier alpha value is -0.330. The molecule has 2 bridgehead atoms. The van der Waals surface area contributed by atoms with E-state index in [0.717, 1.165) is 12.3 Å². The van der Waals surface area contributed by atoms with Gasteiger partial charge in [-0.2, -0.15) is 0 Å². The molecule has 2 unspecified atom stereocenters. The fourth-order valence-electron chi connectivity index (χ4n) is 2.74. The summed E-state index contributed by atoms with van der Waals surface area (Å²) in [7, 11) is 0. The summed E-state index contributed by atoms with van der Waals surface area (Å²) in [6, 6.07) is 0. The van der Waals surface area contributed by atoms with Crippen molar-refractivity contribution in [2.45, 2.75) is 51.4 Å². The smallest absolute Gasteiger partial charge is 0.136 e. The second-order valence-electron chi connectivity index (χ2n) is 4.45. The van der Waals surface area contributed by atoms with Gasteiger partial charge in [0.05, 0.1) is 0 Å². The molecular formula is C11H18O. The lowest BCUT2D eigenvalue weighted by molar-refractivity contribution is -0.124. The van der Waals surface area contributed by atoms with Crippen LogP contribution in [0.5, 0.6) is 0 Å². The average molecular weight is 166 g/mol. The molecule has 1 nitrogen and oxygen atoms in total. The molecule has 0 saturated heterocycles. The Labute approximate surface area is 74.5 Å². The van der Waals surface area contributed by atoms with Crippen LogP contribution >= 0.6 is 0 Å². The highest BCUT2D eigenvalue weighted by Gasteiger charge is 2.27. The molecular weight excluding hydrogens is 148 g/mol. The average Bonchev–Trinajstić information content (AvgIpc) is 2.18. The number of carbonyl (C=O) groups excluding carboxylic acids is 1. The Kier molecular flexibility index (Phi) is 2.48. The molecule has 68 valence electrons. The van der Waals surface area contributed by atoms with Crippen molar-refractivity contribution >= 4 is 5.78 Å². The van der Waals surface area contributed by atoms with E-state index >= 15 is 0 Å². The molecule has 0 spiro atoms. The van der Waals surface area contributed by atoms with E-state index in [1.165, 1.54) is 44.9 Å². The van der Waals surface area contributed by atoms with Crippen molar-refractivity contribution in [3.05, 3.63) is 0 Å². The molecule has 1 heteroatoms. The van der Waals surface area contributed by atoms with E-state index in [9.17, 15) is 4.79 Å². The van der Waals surface area contributed by atoms with Crippen LogP contribution in [0, 0.1) is 11.8 Å². The molecule has 0 aliphatic heterocycles. The minimum Gasteiger partial charge on any atom is -0.299 e. The Morgan fingerprint density at radius 3 is 2.50 bits per heavy atom. The van der Waals surface area contributed by atoms with Gasteiger partial charge in [-0.3, -0.25) is 4.79 Å². The molecule has 0 amide bonds. The number of fused-ring (bicyclic) bond motifs is 3. The highest BCUT2D eigenvalue weighted by Crippen LogP contribution is 2.33. The van der Waals surface area contributed by atoms with E-state index in [0.29, 0.717) is 11.7 Å². The van der Waals surface area contributed by atoms with Gasteiger partial charge in [0.15, 0.2) is 0 Å². The number of Topliss-reactive ketones (excluding diaryl/α,β-unsaturated/α-hetero) is 1. The lowest BCUT2D eigenvalue weighted by Crippen LogP contribution is -2.17. The third kappa shape index (κ3) is 1.70. The van der Waals surface area contributed by atoms with Crippen LogP contribution in [0.4, 0.5) is 0 Å². The molecule has 0 aromatic carbocycles. The van der Waals surface area contributed by atoms with Crippen LogP contribution < -0.4 is 0 Å². The Bertz CT molecular complexity index is 170. The zero-order chi connectivity index (χ0) is 8.39. The number of carbonyl (C=O) groups is 1. The van der Waals surface area contributed by atoms with Gasteiger partial charge < -0.3 is 0 Å². The molecule has 0 aromatic rings. The molecule has 0 aromatic heterocycles. The fraction of sp³-hybridized carbons (Fsp3) is 0.909. The van der Waals surface area contributed by atoms with Crippen molar-refractivity contribution < 1.29 is 4.79 Å². The molecule has 2 fully saturated rings. The van der Waals surface area contributed by atoms with E-state index in [1.54, 1.807) is 0 Å². The van der Waals surface area contributed by atoms with Crippen molar-refractivity contribution in [3.8, 4) is 0 Å². The normalized spacial score (nSPS) is 37.2. The van der Waals surface area contributed by atoms with Crippen LogP contribution in [0.1, 0.15) is 51.4 Å². The van der Waals surface area contributed by atoms with Crippen molar-refractivity contribution in [1.82, 2.24) is 0 Å². The predicted octanol–water partition coefficient (Wildman–Crippen LogP) is 2.94. The first-order chi connectivity index (χ1) is 5.86. The molecule has 12 heavy (non-hydrogen) atoms. The number of rotatable bonds is 0. The van der Waals surface area contributed by atoms with Crippen molar-refractivity contribution in [1.29, 1.82) is 0 Å². The molecule has 0 radical (unpaired) electrons. The van der Waals surface area contributed by atoms with Crippen LogP contribution in [0.3, 0.4) is 0 Å². The van der Waals surface area contributed by atoms with Gasteiger partial charge in [0.1, 0.15) is 5.78 Å². The number of hydrogen-bond donors (Lipinski definition) is 0. The molecule has 0 heterocycles. The van der Waals surface area contributed by atoms with Crippen LogP contribution in [0.2, 0.25) is 0 Å². The van der Waals surface area contributed by atoms with Crippen molar-refractivity contribution in [2.24, 2.45) is 11.8 Å². The second-order valence-corrected chi connectivity index (χ2v) is 4.45. The zero-order valence-corrected chi connectivity index (χ0v) is 7.72. The Morgan fingerprint density at radius 1 is 0.917 bits per heavy atom. The van der Waals surface area contributed by atoms with Gasteiger partial charge in [-0.1, -0.05) is 32.1 Å². The van der Waals surface area contributed by atoms with Crippen LogP contribution in [-0.2, 0) is 4.79 Å². The quantitative estimate of drug-likeness (QED) is 0.540. The van der Waals surface area contributed by atoms with E-state index in [-0.39, 0.29) is 0 Å². The molecule has 2 aliphatic carbocycles. The van der Waals surface area contributed by atoms with Crippen LogP contribution in [0.25, 0.3) is 0 Å². The SMILES string of the molecule is O=C1CC2CCCCC1CCC2. The maximum Gasteiger partial charge on any atom is 0.136 e. The molecule has 2 atom stereocenters. The zero-order valence-electron chi connectivity index (χ0n) is 7.72. The number of hydrogen-bond acceptors (Lipinski definition) is 1. The predicted molar refractivity (Wildman–Crippen MR) is 48.9 cm³/mol. The van der Waals surface area contributed by atoms with E-state index in [4.69, 9.17) is 0 Å². The summed E-state index contributed by atoms with van der Waals surface area (Å²) in [5.41, 5.74) is 0. The Morgan fingerprint density at radius 2 is 1.58 bits per heavy atom. The maximum atomic E-state index is 11.6. The van der Waals surface area contributed by atoms with E-state index in [1.807, 2.05) is 0 Å². The highest BCUT2D eigenvalue weighted by atomic mass is 16.1. The van der Waals surface area contributed by atoms with Crippen LogP contribution in [-0.4, -0.2) is 5.78 Å². The van der Waals surface area contributed by atoms with Gasteiger partial charge >= 0.3 is 0 Å². The largest absolute Gasteiger partial charge is 0.299 e. The van der Waals surface area contributed by atoms with Gasteiger partial charge in [0.25, 0.3) is 0 Å². The van der Waals surface area contributed by atoms with Crippen LogP contribution in [0.15, 0.2) is 0 Å². The summed E-state index contributed by atoms with van der Waals surface area (Å²) >= 11 is 0. The van der Waals surface area contributed by atoms with E-state index in [2.05, 4.69) is 0 Å². The van der Waals surface area contributed by atoms with Crippen molar-refractivity contribution in [2.75, 3.05) is 0 Å². The third-order valence-electron chi connectivity index (χ3n) is 3.53. The van der Waals surface area contributed by atoms with Gasteiger partial charge in [0, 0.05) is 12.3 Å². The Balaban J connectivity index is 2.09. The first kappa shape index (κ1) is 8.28. The highest BCUT2D eigenvalue weighted by molar-refractivity contribution is 5.81. The minimum atomic E-state index is 0.454. The first-order valence-electron chi connectivity index (χ1n) is 5.39. The molecule has 2 rings (SSSR count). The lowest BCUT2D eigenvalue weighted by atomic mass is 9.86. The van der Waals surface area contributed by atoms with Gasteiger partial charge in [0.2, 0.25) is 0 Å². The maximum absolute atomic E-state index is 11.6. The van der Waals surface area contributed by atoms with Gasteiger partial charge in [-0.25, -0.2) is 0 Å². The first-order valence-corrected chi connectivity index (χ1v) is 5.39. The minimum absolute atomic E-state index is 0.454. The van der Waals surface area contributed by atoms with Gasteiger partial charge in [-0.15, -0.1) is 0 Å². The molecule has 0 N–H and O–H groups in total.